The summed E-state index contributed by atoms with van der Waals surface area (Å²) in [7, 11) is 3.66. The minimum atomic E-state index is -1.58. The Morgan fingerprint density at radius 2 is 1.97 bits per heavy atom. The quantitative estimate of drug-likeness (QED) is 0.435. The summed E-state index contributed by atoms with van der Waals surface area (Å²) in [5.41, 5.74) is 0.790. The van der Waals surface area contributed by atoms with Crippen LogP contribution in [-0.2, 0) is 16.9 Å². The Morgan fingerprint density at radius 1 is 1.16 bits per heavy atom. The van der Waals surface area contributed by atoms with Gasteiger partial charge in [0.05, 0.1) is 13.7 Å². The Hall–Kier alpha value is -4.12. The van der Waals surface area contributed by atoms with Crippen LogP contribution >= 0.6 is 0 Å². The molecular formula is C26H28N6O5. The van der Waals surface area contributed by atoms with E-state index in [1.807, 2.05) is 12.1 Å². The molecule has 0 aliphatic carbocycles. The number of likely N-dealkylation sites (tertiary alicyclic amines) is 1. The van der Waals surface area contributed by atoms with Crippen LogP contribution in [0.3, 0.4) is 0 Å². The van der Waals surface area contributed by atoms with Crippen molar-refractivity contribution in [3.63, 3.8) is 0 Å². The number of furan rings is 1. The lowest BCUT2D eigenvalue weighted by Crippen LogP contribution is -2.52. The molecule has 3 aliphatic rings. The maximum absolute atomic E-state index is 13.2. The molecule has 0 spiro atoms. The molecule has 2 saturated heterocycles. The SMILES string of the molecule is COc1ccc2c(c1)C(=O)N(C[C@@]1(c3cc4nc(NC5CCN(C)CC5)ccc4o3)NC(=O)NC1=O)C2. The van der Waals surface area contributed by atoms with Gasteiger partial charge >= 0.3 is 6.03 Å². The van der Waals surface area contributed by atoms with E-state index in [0.29, 0.717) is 35.0 Å². The standard InChI is InChI=1S/C26H28N6O5/c1-31-9-7-16(8-10-31)27-22-6-5-20-19(28-22)12-21(37-20)26(24(34)29-25(35)30-26)14-32-13-15-3-4-17(36-2)11-18(15)23(32)33/h3-6,11-12,16H,7-10,13-14H2,1-2H3,(H,27,28)(H2,29,30,34,35)/t26-/m0/s1. The van der Waals surface area contributed by atoms with Gasteiger partial charge in [-0.1, -0.05) is 6.07 Å². The number of anilines is 1. The van der Waals surface area contributed by atoms with Crippen LogP contribution in [0.5, 0.6) is 5.75 Å². The highest BCUT2D eigenvalue weighted by Gasteiger charge is 2.53. The maximum atomic E-state index is 13.2. The molecule has 5 heterocycles. The number of ether oxygens (including phenoxy) is 1. The first-order chi connectivity index (χ1) is 17.8. The van der Waals surface area contributed by atoms with E-state index in [9.17, 15) is 14.4 Å². The Balaban J connectivity index is 1.29. The van der Waals surface area contributed by atoms with Gasteiger partial charge in [0.15, 0.2) is 11.1 Å². The molecule has 3 N–H and O–H groups in total. The third-order valence-electron chi connectivity index (χ3n) is 7.43. The zero-order valence-corrected chi connectivity index (χ0v) is 20.7. The average molecular weight is 505 g/mol. The maximum Gasteiger partial charge on any atom is 0.322 e. The number of aromatic nitrogens is 1. The highest BCUT2D eigenvalue weighted by molar-refractivity contribution is 6.08. The number of methoxy groups -OCH3 is 1. The fraction of sp³-hybridized carbons (Fsp3) is 0.385. The fourth-order valence-electron chi connectivity index (χ4n) is 5.31. The van der Waals surface area contributed by atoms with Crippen LogP contribution in [0.4, 0.5) is 10.6 Å². The monoisotopic (exact) mass is 504 g/mol. The third-order valence-corrected chi connectivity index (χ3v) is 7.43. The number of nitrogens with zero attached hydrogens (tertiary/aromatic N) is 3. The van der Waals surface area contributed by atoms with E-state index in [2.05, 4.69) is 27.9 Å². The van der Waals surface area contributed by atoms with Crippen molar-refractivity contribution < 1.29 is 23.5 Å². The van der Waals surface area contributed by atoms with Gasteiger partial charge in [0.2, 0.25) is 0 Å². The predicted octanol–water partition coefficient (Wildman–Crippen LogP) is 2.03. The van der Waals surface area contributed by atoms with E-state index in [-0.39, 0.29) is 18.2 Å². The van der Waals surface area contributed by atoms with Gasteiger partial charge in [-0.15, -0.1) is 0 Å². The molecule has 3 aliphatic heterocycles. The lowest BCUT2D eigenvalue weighted by molar-refractivity contribution is -0.125. The summed E-state index contributed by atoms with van der Waals surface area (Å²) < 4.78 is 11.3. The van der Waals surface area contributed by atoms with Gasteiger partial charge in [0.1, 0.15) is 22.8 Å². The Morgan fingerprint density at radius 3 is 2.70 bits per heavy atom. The summed E-state index contributed by atoms with van der Waals surface area (Å²) in [5, 5.41) is 8.51. The summed E-state index contributed by atoms with van der Waals surface area (Å²) in [5.74, 6) is 0.686. The molecule has 2 fully saturated rings. The van der Waals surface area contributed by atoms with Crippen LogP contribution in [0.1, 0.15) is 34.5 Å². The molecule has 192 valence electrons. The normalized spacial score (nSPS) is 22.3. The average Bonchev–Trinajstić information content (AvgIpc) is 3.54. The smallest absolute Gasteiger partial charge is 0.322 e. The van der Waals surface area contributed by atoms with E-state index in [4.69, 9.17) is 14.1 Å². The lowest BCUT2D eigenvalue weighted by atomic mass is 9.95. The highest BCUT2D eigenvalue weighted by Crippen LogP contribution is 2.35. The lowest BCUT2D eigenvalue weighted by Gasteiger charge is -2.29. The van der Waals surface area contributed by atoms with Crippen LogP contribution in [0.25, 0.3) is 11.1 Å². The Labute approximate surface area is 213 Å². The number of hydrogen-bond acceptors (Lipinski definition) is 8. The molecule has 0 bridgehead atoms. The topological polar surface area (TPSA) is 129 Å². The second-order valence-corrected chi connectivity index (χ2v) is 9.91. The molecule has 4 amide bonds. The number of pyridine rings is 1. The largest absolute Gasteiger partial charge is 0.497 e. The van der Waals surface area contributed by atoms with Gasteiger partial charge in [0.25, 0.3) is 11.8 Å². The molecule has 0 unspecified atom stereocenters. The molecule has 11 nitrogen and oxygen atoms in total. The van der Waals surface area contributed by atoms with Crippen LogP contribution < -0.4 is 20.7 Å². The molecule has 1 aromatic carbocycles. The second kappa shape index (κ2) is 8.77. The number of urea groups is 1. The van der Waals surface area contributed by atoms with Crippen LogP contribution in [0.2, 0.25) is 0 Å². The number of rotatable bonds is 6. The van der Waals surface area contributed by atoms with E-state index in [1.54, 1.807) is 24.3 Å². The summed E-state index contributed by atoms with van der Waals surface area (Å²) in [6.07, 6.45) is 2.06. The van der Waals surface area contributed by atoms with Gasteiger partial charge in [0, 0.05) is 24.2 Å². The molecule has 11 heteroatoms. The van der Waals surface area contributed by atoms with Crippen molar-refractivity contribution in [2.24, 2.45) is 0 Å². The van der Waals surface area contributed by atoms with Crippen LogP contribution in [0, 0.1) is 0 Å². The Bertz CT molecular complexity index is 1410. The summed E-state index contributed by atoms with van der Waals surface area (Å²) >= 11 is 0. The van der Waals surface area contributed by atoms with Crippen LogP contribution in [0.15, 0.2) is 40.8 Å². The first-order valence-corrected chi connectivity index (χ1v) is 12.3. The van der Waals surface area contributed by atoms with Crippen molar-refractivity contribution in [3.05, 3.63) is 53.3 Å². The van der Waals surface area contributed by atoms with Gasteiger partial charge < -0.3 is 29.6 Å². The van der Waals surface area contributed by atoms with Gasteiger partial charge in [-0.3, -0.25) is 14.9 Å². The van der Waals surface area contributed by atoms with Crippen molar-refractivity contribution >= 4 is 34.8 Å². The van der Waals surface area contributed by atoms with E-state index >= 15 is 0 Å². The first-order valence-electron chi connectivity index (χ1n) is 12.3. The van der Waals surface area contributed by atoms with Gasteiger partial charge in [-0.2, -0.15) is 0 Å². The minimum Gasteiger partial charge on any atom is -0.497 e. The number of imide groups is 1. The molecule has 0 radical (unpaired) electrons. The molecule has 2 aromatic heterocycles. The second-order valence-electron chi connectivity index (χ2n) is 9.91. The van der Waals surface area contributed by atoms with Crippen LogP contribution in [-0.4, -0.2) is 72.5 Å². The zero-order valence-electron chi connectivity index (χ0n) is 20.7. The summed E-state index contributed by atoms with van der Waals surface area (Å²) in [6.45, 7) is 2.26. The molecule has 3 aromatic rings. The molecular weight excluding hydrogens is 476 g/mol. The number of benzene rings is 1. The predicted molar refractivity (Wildman–Crippen MR) is 134 cm³/mol. The number of amides is 4. The van der Waals surface area contributed by atoms with Gasteiger partial charge in [-0.05, 0) is 62.8 Å². The van der Waals surface area contributed by atoms with Crippen molar-refractivity contribution in [1.82, 2.24) is 25.4 Å². The number of piperidine rings is 1. The van der Waals surface area contributed by atoms with E-state index in [1.165, 1.54) is 12.0 Å². The molecule has 37 heavy (non-hydrogen) atoms. The zero-order chi connectivity index (χ0) is 25.7. The first kappa shape index (κ1) is 23.3. The molecule has 6 rings (SSSR count). The van der Waals surface area contributed by atoms with E-state index < -0.39 is 17.5 Å². The molecule has 0 saturated carbocycles. The van der Waals surface area contributed by atoms with Crippen molar-refractivity contribution in [1.29, 1.82) is 0 Å². The fourth-order valence-corrected chi connectivity index (χ4v) is 5.31. The highest BCUT2D eigenvalue weighted by atomic mass is 16.5. The third kappa shape index (κ3) is 4.05. The molecule has 1 atom stereocenters. The number of fused-ring (bicyclic) bond motifs is 2. The number of hydrogen-bond donors (Lipinski definition) is 3. The van der Waals surface area contributed by atoms with Crippen molar-refractivity contribution in [2.75, 3.05) is 39.1 Å². The minimum absolute atomic E-state index is 0.0963. The van der Waals surface area contributed by atoms with Crippen molar-refractivity contribution in [3.8, 4) is 5.75 Å². The van der Waals surface area contributed by atoms with Crippen molar-refractivity contribution in [2.45, 2.75) is 31.0 Å². The van der Waals surface area contributed by atoms with Gasteiger partial charge in [-0.25, -0.2) is 9.78 Å². The number of carbonyl (C=O) groups is 3. The Kier molecular flexibility index (Phi) is 5.52. The number of carbonyl (C=O) groups excluding carboxylic acids is 3. The summed E-state index contributed by atoms with van der Waals surface area (Å²) in [4.78, 5) is 47.2. The summed E-state index contributed by atoms with van der Waals surface area (Å²) in [6, 6.07) is 10.3. The van der Waals surface area contributed by atoms with E-state index in [0.717, 1.165) is 37.3 Å². The number of nitrogens with one attached hydrogen (secondary N) is 3.